The molecule has 1 N–H and O–H groups in total. The van der Waals surface area contributed by atoms with Gasteiger partial charge in [0, 0.05) is 25.3 Å². The largest absolute Gasteiger partial charge is 0.339 e. The maximum absolute atomic E-state index is 5.75. The summed E-state index contributed by atoms with van der Waals surface area (Å²) in [6.07, 6.45) is 1.03. The van der Waals surface area contributed by atoms with Gasteiger partial charge in [0.05, 0.1) is 6.04 Å². The molecule has 1 heterocycles. The molecule has 0 unspecified atom stereocenters. The zero-order chi connectivity index (χ0) is 16.9. The first kappa shape index (κ1) is 16.9. The number of hydrogen-bond acceptors (Lipinski definition) is 2. The summed E-state index contributed by atoms with van der Waals surface area (Å²) in [7, 11) is 2.18. The SMILES string of the molecule is CCc1cccc(NC(=S)N2CCN(C)C[C@@H]2c2ccccc2)c1. The standard InChI is InChI=1S/C20H25N3S/c1-3-16-8-7-11-18(14-16)21-20(24)23-13-12-22(2)15-19(23)17-9-5-4-6-10-17/h4-11,14,19H,3,12-13,15H2,1-2H3,(H,21,24)/t19-/m1/s1. The van der Waals surface area contributed by atoms with Crippen molar-refractivity contribution in [2.24, 2.45) is 0 Å². The molecular weight excluding hydrogens is 314 g/mol. The molecule has 1 aliphatic heterocycles. The zero-order valence-corrected chi connectivity index (χ0v) is 15.2. The Hall–Kier alpha value is -1.91. The van der Waals surface area contributed by atoms with Crippen molar-refractivity contribution in [2.45, 2.75) is 19.4 Å². The first-order valence-electron chi connectivity index (χ1n) is 8.57. The fraction of sp³-hybridized carbons (Fsp3) is 0.350. The summed E-state index contributed by atoms with van der Waals surface area (Å²) in [6, 6.07) is 19.4. The predicted octanol–water partition coefficient (Wildman–Crippen LogP) is 3.93. The molecule has 2 aromatic rings. The van der Waals surface area contributed by atoms with Crippen LogP contribution in [0.3, 0.4) is 0 Å². The lowest BCUT2D eigenvalue weighted by atomic mass is 10.0. The van der Waals surface area contributed by atoms with Crippen molar-refractivity contribution in [3.63, 3.8) is 0 Å². The summed E-state index contributed by atoms with van der Waals surface area (Å²) < 4.78 is 0. The van der Waals surface area contributed by atoms with Gasteiger partial charge in [-0.1, -0.05) is 49.4 Å². The number of hydrogen-bond donors (Lipinski definition) is 1. The molecule has 0 aromatic heterocycles. The van der Waals surface area contributed by atoms with Crippen molar-refractivity contribution in [1.29, 1.82) is 0 Å². The van der Waals surface area contributed by atoms with Gasteiger partial charge in [0.15, 0.2) is 5.11 Å². The Balaban J connectivity index is 1.78. The maximum atomic E-state index is 5.75. The highest BCUT2D eigenvalue weighted by Crippen LogP contribution is 2.26. The quantitative estimate of drug-likeness (QED) is 0.854. The van der Waals surface area contributed by atoms with Gasteiger partial charge in [-0.2, -0.15) is 0 Å². The molecule has 0 radical (unpaired) electrons. The number of piperazine rings is 1. The van der Waals surface area contributed by atoms with Crippen LogP contribution in [-0.4, -0.2) is 41.6 Å². The van der Waals surface area contributed by atoms with E-state index in [9.17, 15) is 0 Å². The topological polar surface area (TPSA) is 18.5 Å². The monoisotopic (exact) mass is 339 g/mol. The Bertz CT molecular complexity index is 686. The lowest BCUT2D eigenvalue weighted by Gasteiger charge is -2.41. The fourth-order valence-electron chi connectivity index (χ4n) is 3.19. The van der Waals surface area contributed by atoms with E-state index >= 15 is 0 Å². The van der Waals surface area contributed by atoms with E-state index in [0.717, 1.165) is 36.9 Å². The third kappa shape index (κ3) is 3.94. The molecule has 0 bridgehead atoms. The minimum absolute atomic E-state index is 0.291. The Morgan fingerprint density at radius 3 is 2.67 bits per heavy atom. The minimum atomic E-state index is 0.291. The van der Waals surface area contributed by atoms with Gasteiger partial charge in [0.2, 0.25) is 0 Å². The Morgan fingerprint density at radius 1 is 1.12 bits per heavy atom. The molecule has 1 atom stereocenters. The second-order valence-corrected chi connectivity index (χ2v) is 6.75. The maximum Gasteiger partial charge on any atom is 0.174 e. The molecule has 3 rings (SSSR count). The van der Waals surface area contributed by atoms with Gasteiger partial charge in [-0.05, 0) is 48.9 Å². The zero-order valence-electron chi connectivity index (χ0n) is 14.4. The molecule has 0 amide bonds. The summed E-state index contributed by atoms with van der Waals surface area (Å²) in [5.74, 6) is 0. The summed E-state index contributed by atoms with van der Waals surface area (Å²) >= 11 is 5.75. The van der Waals surface area contributed by atoms with Crippen LogP contribution in [0.1, 0.15) is 24.1 Å². The van der Waals surface area contributed by atoms with Crippen LogP contribution in [0.5, 0.6) is 0 Å². The van der Waals surface area contributed by atoms with Crippen molar-refractivity contribution in [1.82, 2.24) is 9.80 Å². The van der Waals surface area contributed by atoms with Gasteiger partial charge in [-0.25, -0.2) is 0 Å². The third-order valence-corrected chi connectivity index (χ3v) is 4.95. The average Bonchev–Trinajstić information content (AvgIpc) is 2.62. The first-order valence-corrected chi connectivity index (χ1v) is 8.98. The molecule has 0 spiro atoms. The molecule has 1 saturated heterocycles. The second kappa shape index (κ2) is 7.77. The van der Waals surface area contributed by atoms with Crippen molar-refractivity contribution in [3.05, 3.63) is 65.7 Å². The highest BCUT2D eigenvalue weighted by molar-refractivity contribution is 7.80. The highest BCUT2D eigenvalue weighted by atomic mass is 32.1. The number of anilines is 1. The van der Waals surface area contributed by atoms with E-state index in [0.29, 0.717) is 6.04 Å². The fourth-order valence-corrected chi connectivity index (χ4v) is 3.52. The van der Waals surface area contributed by atoms with E-state index in [1.54, 1.807) is 0 Å². The Labute approximate surface area is 150 Å². The van der Waals surface area contributed by atoms with Crippen LogP contribution in [0, 0.1) is 0 Å². The second-order valence-electron chi connectivity index (χ2n) is 6.37. The molecule has 2 aromatic carbocycles. The molecule has 1 fully saturated rings. The van der Waals surface area contributed by atoms with E-state index in [1.165, 1.54) is 11.1 Å². The van der Waals surface area contributed by atoms with Crippen molar-refractivity contribution in [2.75, 3.05) is 32.0 Å². The number of nitrogens with zero attached hydrogens (tertiary/aromatic N) is 2. The summed E-state index contributed by atoms with van der Waals surface area (Å²) in [6.45, 7) is 5.12. The van der Waals surface area contributed by atoms with Crippen LogP contribution in [0.4, 0.5) is 5.69 Å². The van der Waals surface area contributed by atoms with Gasteiger partial charge in [-0.3, -0.25) is 0 Å². The summed E-state index contributed by atoms with van der Waals surface area (Å²) in [4.78, 5) is 4.69. The van der Waals surface area contributed by atoms with Crippen molar-refractivity contribution in [3.8, 4) is 0 Å². The molecule has 0 aliphatic carbocycles. The number of thiocarbonyl (C=S) groups is 1. The lowest BCUT2D eigenvalue weighted by Crippen LogP contribution is -2.50. The number of aryl methyl sites for hydroxylation is 1. The summed E-state index contributed by atoms with van der Waals surface area (Å²) in [5.41, 5.74) is 3.71. The van der Waals surface area contributed by atoms with E-state index < -0.39 is 0 Å². The molecule has 24 heavy (non-hydrogen) atoms. The van der Waals surface area contributed by atoms with Crippen LogP contribution in [0.25, 0.3) is 0 Å². The molecule has 1 aliphatic rings. The third-order valence-electron chi connectivity index (χ3n) is 4.62. The Morgan fingerprint density at radius 2 is 1.92 bits per heavy atom. The average molecular weight is 340 g/mol. The number of benzene rings is 2. The number of nitrogens with one attached hydrogen (secondary N) is 1. The first-order chi connectivity index (χ1) is 11.7. The molecule has 4 heteroatoms. The number of rotatable bonds is 3. The van der Waals surface area contributed by atoms with E-state index in [2.05, 4.69) is 83.7 Å². The van der Waals surface area contributed by atoms with Crippen LogP contribution >= 0.6 is 12.2 Å². The van der Waals surface area contributed by atoms with E-state index in [1.807, 2.05) is 0 Å². The van der Waals surface area contributed by atoms with Crippen LogP contribution in [0.2, 0.25) is 0 Å². The van der Waals surface area contributed by atoms with E-state index in [4.69, 9.17) is 12.2 Å². The van der Waals surface area contributed by atoms with Gasteiger partial charge in [0.1, 0.15) is 0 Å². The van der Waals surface area contributed by atoms with Gasteiger partial charge >= 0.3 is 0 Å². The van der Waals surface area contributed by atoms with Crippen molar-refractivity contribution >= 4 is 23.0 Å². The molecular formula is C20H25N3S. The van der Waals surface area contributed by atoms with Crippen LogP contribution < -0.4 is 5.32 Å². The van der Waals surface area contributed by atoms with Crippen LogP contribution in [-0.2, 0) is 6.42 Å². The van der Waals surface area contributed by atoms with E-state index in [-0.39, 0.29) is 0 Å². The number of likely N-dealkylation sites (N-methyl/N-ethyl adjacent to an activating group) is 1. The summed E-state index contributed by atoms with van der Waals surface area (Å²) in [5, 5.41) is 4.25. The predicted molar refractivity (Wildman–Crippen MR) is 105 cm³/mol. The molecule has 126 valence electrons. The molecule has 3 nitrogen and oxygen atoms in total. The normalized spacial score (nSPS) is 18.4. The smallest absolute Gasteiger partial charge is 0.174 e. The molecule has 0 saturated carbocycles. The minimum Gasteiger partial charge on any atom is -0.339 e. The van der Waals surface area contributed by atoms with Gasteiger partial charge in [-0.15, -0.1) is 0 Å². The van der Waals surface area contributed by atoms with Gasteiger partial charge in [0.25, 0.3) is 0 Å². The Kier molecular flexibility index (Phi) is 5.48. The van der Waals surface area contributed by atoms with Crippen molar-refractivity contribution < 1.29 is 0 Å². The van der Waals surface area contributed by atoms with Crippen LogP contribution in [0.15, 0.2) is 54.6 Å². The van der Waals surface area contributed by atoms with Gasteiger partial charge < -0.3 is 15.1 Å². The highest BCUT2D eigenvalue weighted by Gasteiger charge is 2.28. The lowest BCUT2D eigenvalue weighted by molar-refractivity contribution is 0.153.